The van der Waals surface area contributed by atoms with E-state index < -0.39 is 0 Å². The van der Waals surface area contributed by atoms with Crippen LogP contribution in [0.15, 0.2) is 30.5 Å². The fraction of sp³-hybridized carbons (Fsp3) is 0.200. The van der Waals surface area contributed by atoms with Gasteiger partial charge >= 0.3 is 0 Å². The van der Waals surface area contributed by atoms with E-state index in [4.69, 9.17) is 0 Å². The molecule has 3 rings (SSSR count). The number of aromatic amines is 1. The Kier molecular flexibility index (Phi) is 1.81. The molecule has 0 radical (unpaired) electrons. The van der Waals surface area contributed by atoms with Crippen LogP contribution in [0.1, 0.15) is 5.69 Å². The Hall–Kier alpha value is -2.04. The zero-order valence-electron chi connectivity index (χ0n) is 8.14. The largest absolute Gasteiger partial charge is 0.366 e. The van der Waals surface area contributed by atoms with Crippen molar-refractivity contribution < 1.29 is 0 Å². The second-order valence-electron chi connectivity index (χ2n) is 3.51. The second kappa shape index (κ2) is 3.27. The summed E-state index contributed by atoms with van der Waals surface area (Å²) in [6.07, 6.45) is 1.82. The van der Waals surface area contributed by atoms with E-state index in [0.29, 0.717) is 0 Å². The maximum atomic E-state index is 3.98. The molecule has 1 aliphatic heterocycles. The molecule has 5 nitrogen and oxygen atoms in total. The fourth-order valence-corrected chi connectivity index (χ4v) is 1.80. The quantitative estimate of drug-likeness (QED) is 0.766. The van der Waals surface area contributed by atoms with Gasteiger partial charge in [0.15, 0.2) is 0 Å². The van der Waals surface area contributed by atoms with Crippen molar-refractivity contribution in [3.63, 3.8) is 0 Å². The maximum Gasteiger partial charge on any atom is 0.102 e. The van der Waals surface area contributed by atoms with Gasteiger partial charge < -0.3 is 10.2 Å². The summed E-state index contributed by atoms with van der Waals surface area (Å²) in [5, 5.41) is 13.7. The van der Waals surface area contributed by atoms with Gasteiger partial charge in [0.1, 0.15) is 5.69 Å². The third kappa shape index (κ3) is 1.41. The summed E-state index contributed by atoms with van der Waals surface area (Å²) in [5.41, 5.74) is 3.36. The van der Waals surface area contributed by atoms with Crippen LogP contribution in [0.2, 0.25) is 0 Å². The first-order valence-electron chi connectivity index (χ1n) is 4.87. The molecule has 2 aromatic rings. The van der Waals surface area contributed by atoms with E-state index in [1.807, 2.05) is 18.3 Å². The topological polar surface area (TPSA) is 56.8 Å². The van der Waals surface area contributed by atoms with Crippen LogP contribution >= 0.6 is 0 Å². The molecule has 0 unspecified atom stereocenters. The van der Waals surface area contributed by atoms with E-state index >= 15 is 0 Å². The van der Waals surface area contributed by atoms with Gasteiger partial charge in [-0.25, -0.2) is 0 Å². The average Bonchev–Trinajstić information content (AvgIpc) is 2.89. The number of hydrogen-bond acceptors (Lipinski definition) is 4. The van der Waals surface area contributed by atoms with E-state index in [1.54, 1.807) is 0 Å². The van der Waals surface area contributed by atoms with Crippen molar-refractivity contribution in [3.8, 4) is 0 Å². The number of nitrogens with zero attached hydrogens (tertiary/aromatic N) is 3. The predicted molar refractivity (Wildman–Crippen MR) is 57.5 cm³/mol. The van der Waals surface area contributed by atoms with Crippen LogP contribution in [0.5, 0.6) is 0 Å². The van der Waals surface area contributed by atoms with Crippen LogP contribution in [0.4, 0.5) is 11.4 Å². The Balaban J connectivity index is 1.85. The molecule has 0 saturated carbocycles. The zero-order chi connectivity index (χ0) is 10.1. The van der Waals surface area contributed by atoms with Crippen molar-refractivity contribution >= 4 is 11.4 Å². The summed E-state index contributed by atoms with van der Waals surface area (Å²) in [6, 6.07) is 8.26. The number of rotatable bonds is 2. The summed E-state index contributed by atoms with van der Waals surface area (Å²) in [5.74, 6) is 0. The molecule has 2 N–H and O–H groups in total. The van der Waals surface area contributed by atoms with Crippen molar-refractivity contribution in [1.82, 2.24) is 15.4 Å². The average molecular weight is 201 g/mol. The minimum absolute atomic E-state index is 0.778. The lowest BCUT2D eigenvalue weighted by Gasteiger charge is -2.15. The molecule has 2 heterocycles. The van der Waals surface area contributed by atoms with E-state index in [-0.39, 0.29) is 0 Å². The lowest BCUT2D eigenvalue weighted by molar-refractivity contribution is 0.827. The highest BCUT2D eigenvalue weighted by Crippen LogP contribution is 2.31. The number of hydrogen-bond donors (Lipinski definition) is 2. The molecule has 5 heteroatoms. The van der Waals surface area contributed by atoms with Gasteiger partial charge in [0.2, 0.25) is 0 Å². The molecule has 1 aromatic carbocycles. The van der Waals surface area contributed by atoms with Gasteiger partial charge in [0.05, 0.1) is 24.6 Å². The number of fused-ring (bicyclic) bond motifs is 1. The third-order valence-electron chi connectivity index (χ3n) is 2.53. The van der Waals surface area contributed by atoms with E-state index in [9.17, 15) is 0 Å². The Labute approximate surface area is 87.1 Å². The van der Waals surface area contributed by atoms with Crippen LogP contribution in [0.3, 0.4) is 0 Å². The van der Waals surface area contributed by atoms with Crippen LogP contribution in [-0.2, 0) is 6.54 Å². The molecular weight excluding hydrogens is 190 g/mol. The number of aromatic nitrogens is 3. The number of anilines is 2. The third-order valence-corrected chi connectivity index (χ3v) is 2.53. The highest BCUT2D eigenvalue weighted by molar-refractivity contribution is 5.74. The lowest BCUT2D eigenvalue weighted by Crippen LogP contribution is -2.22. The van der Waals surface area contributed by atoms with Gasteiger partial charge in [-0.2, -0.15) is 0 Å². The summed E-state index contributed by atoms with van der Waals surface area (Å²) in [6.45, 7) is 1.60. The van der Waals surface area contributed by atoms with Crippen molar-refractivity contribution in [1.29, 1.82) is 0 Å². The van der Waals surface area contributed by atoms with Crippen LogP contribution in [-0.4, -0.2) is 22.1 Å². The predicted octanol–water partition coefficient (Wildman–Crippen LogP) is 1.19. The van der Waals surface area contributed by atoms with Crippen molar-refractivity contribution in [2.24, 2.45) is 0 Å². The molecular formula is C10H11N5. The molecule has 0 aliphatic carbocycles. The molecule has 76 valence electrons. The first-order chi connectivity index (χ1) is 7.43. The maximum absolute atomic E-state index is 3.98. The van der Waals surface area contributed by atoms with Crippen molar-refractivity contribution in [2.45, 2.75) is 6.54 Å². The van der Waals surface area contributed by atoms with Gasteiger partial charge in [0.25, 0.3) is 0 Å². The molecule has 1 aromatic heterocycles. The summed E-state index contributed by atoms with van der Waals surface area (Å²) in [4.78, 5) is 2.23. The highest BCUT2D eigenvalue weighted by Gasteiger charge is 2.18. The van der Waals surface area contributed by atoms with Gasteiger partial charge in [-0.15, -0.1) is 5.10 Å². The normalized spacial score (nSPS) is 13.7. The standard InChI is InChI=1S/C10H11N5/c1-2-4-10-9(3-1)11-7-15(10)6-8-5-12-14-13-8/h1-5,11H,6-7H2,(H,12,13,14). The van der Waals surface area contributed by atoms with E-state index in [1.165, 1.54) is 11.4 Å². The molecule has 0 spiro atoms. The van der Waals surface area contributed by atoms with E-state index in [0.717, 1.165) is 18.9 Å². The minimum Gasteiger partial charge on any atom is -0.366 e. The first-order valence-corrected chi connectivity index (χ1v) is 4.87. The van der Waals surface area contributed by atoms with Crippen LogP contribution in [0, 0.1) is 0 Å². The van der Waals surface area contributed by atoms with Gasteiger partial charge in [-0.3, -0.25) is 5.10 Å². The smallest absolute Gasteiger partial charge is 0.102 e. The van der Waals surface area contributed by atoms with Crippen LogP contribution < -0.4 is 10.2 Å². The fourth-order valence-electron chi connectivity index (χ4n) is 1.80. The molecule has 0 atom stereocenters. The molecule has 15 heavy (non-hydrogen) atoms. The minimum atomic E-state index is 0.778. The van der Waals surface area contributed by atoms with Crippen molar-refractivity contribution in [3.05, 3.63) is 36.2 Å². The number of nitrogens with one attached hydrogen (secondary N) is 2. The Morgan fingerprint density at radius 3 is 3.13 bits per heavy atom. The molecule has 1 aliphatic rings. The second-order valence-corrected chi connectivity index (χ2v) is 3.51. The van der Waals surface area contributed by atoms with Gasteiger partial charge in [-0.1, -0.05) is 17.3 Å². The molecule has 0 saturated heterocycles. The Bertz CT molecular complexity index is 451. The number of para-hydroxylation sites is 2. The first kappa shape index (κ1) is 8.28. The van der Waals surface area contributed by atoms with Gasteiger partial charge in [0, 0.05) is 6.20 Å². The Morgan fingerprint density at radius 1 is 1.33 bits per heavy atom. The monoisotopic (exact) mass is 201 g/mol. The molecule has 0 bridgehead atoms. The molecule has 0 fully saturated rings. The summed E-state index contributed by atoms with van der Waals surface area (Å²) in [7, 11) is 0. The number of H-pyrrole nitrogens is 1. The van der Waals surface area contributed by atoms with Crippen LogP contribution in [0.25, 0.3) is 0 Å². The number of benzene rings is 1. The SMILES string of the molecule is c1ccc2c(c1)NCN2Cc1c[nH]nn1. The van der Waals surface area contributed by atoms with E-state index in [2.05, 4.69) is 37.8 Å². The summed E-state index contributed by atoms with van der Waals surface area (Å²) < 4.78 is 0. The van der Waals surface area contributed by atoms with Crippen molar-refractivity contribution in [2.75, 3.05) is 16.9 Å². The zero-order valence-corrected chi connectivity index (χ0v) is 8.14. The van der Waals surface area contributed by atoms with Gasteiger partial charge in [-0.05, 0) is 12.1 Å². The Morgan fingerprint density at radius 2 is 2.27 bits per heavy atom. The summed E-state index contributed by atoms with van der Waals surface area (Å²) >= 11 is 0. The molecule has 0 amide bonds. The highest BCUT2D eigenvalue weighted by atomic mass is 15.3. The lowest BCUT2D eigenvalue weighted by atomic mass is 10.2.